The number of likely N-dealkylation sites (N-methyl/N-ethyl adjacent to an activating group) is 1. The lowest BCUT2D eigenvalue weighted by molar-refractivity contribution is -0.138. The van der Waals surface area contributed by atoms with E-state index in [9.17, 15) is 4.79 Å². The average molecular weight is 274 g/mol. The van der Waals surface area contributed by atoms with Crippen molar-refractivity contribution >= 4 is 33.4 Å². The normalized spacial score (nSPS) is 9.80. The Hall–Kier alpha value is -1.30. The minimum absolute atomic E-state index is 0.145. The molecule has 0 saturated carbocycles. The Morgan fingerprint density at radius 3 is 2.93 bits per heavy atom. The molecule has 6 heteroatoms. The van der Waals surface area contributed by atoms with Crippen molar-refractivity contribution in [2.24, 2.45) is 0 Å². The number of nitrogens with zero attached hydrogens (tertiary/aromatic N) is 2. The van der Waals surface area contributed by atoms with Gasteiger partial charge in [0.2, 0.25) is 0 Å². The maximum Gasteiger partial charge on any atom is 0.325 e. The number of anilines is 2. The zero-order valence-electron chi connectivity index (χ0n) is 8.53. The fourth-order valence-electron chi connectivity index (χ4n) is 1.06. The standard InChI is InChI=1S/C9H12BrN3O2/c1-13(5-8(14)15-2)9-7(10)3-6(11)4-12-9/h3-4H,5,11H2,1-2H3. The van der Waals surface area contributed by atoms with Gasteiger partial charge in [-0.05, 0) is 22.0 Å². The molecule has 1 aromatic rings. The van der Waals surface area contributed by atoms with Crippen LogP contribution in [0.15, 0.2) is 16.7 Å². The number of carbonyl (C=O) groups is 1. The maximum absolute atomic E-state index is 11.0. The molecule has 82 valence electrons. The molecule has 0 radical (unpaired) electrons. The number of nitrogens with two attached hydrogens (primary N) is 1. The molecular weight excluding hydrogens is 262 g/mol. The van der Waals surface area contributed by atoms with Crippen LogP contribution < -0.4 is 10.6 Å². The molecule has 1 aromatic heterocycles. The monoisotopic (exact) mass is 273 g/mol. The number of halogens is 1. The van der Waals surface area contributed by atoms with Gasteiger partial charge in [0.1, 0.15) is 12.4 Å². The molecular formula is C9H12BrN3O2. The van der Waals surface area contributed by atoms with Gasteiger partial charge in [0.25, 0.3) is 0 Å². The van der Waals surface area contributed by atoms with Gasteiger partial charge in [-0.3, -0.25) is 4.79 Å². The number of ether oxygens (including phenoxy) is 1. The molecule has 1 heterocycles. The minimum atomic E-state index is -0.317. The summed E-state index contributed by atoms with van der Waals surface area (Å²) in [6, 6.07) is 1.73. The van der Waals surface area contributed by atoms with Crippen molar-refractivity contribution < 1.29 is 9.53 Å². The molecule has 0 atom stereocenters. The van der Waals surface area contributed by atoms with Gasteiger partial charge in [-0.2, -0.15) is 0 Å². The number of pyridine rings is 1. The van der Waals surface area contributed by atoms with E-state index < -0.39 is 0 Å². The van der Waals surface area contributed by atoms with Crippen molar-refractivity contribution in [1.29, 1.82) is 0 Å². The van der Waals surface area contributed by atoms with Gasteiger partial charge < -0.3 is 15.4 Å². The highest BCUT2D eigenvalue weighted by Gasteiger charge is 2.11. The van der Waals surface area contributed by atoms with Crippen molar-refractivity contribution in [3.63, 3.8) is 0 Å². The number of hydrogen-bond donors (Lipinski definition) is 1. The Balaban J connectivity index is 2.82. The van der Waals surface area contributed by atoms with E-state index in [1.807, 2.05) is 0 Å². The number of esters is 1. The summed E-state index contributed by atoms with van der Waals surface area (Å²) in [6.45, 7) is 0.145. The fourth-order valence-corrected chi connectivity index (χ4v) is 1.73. The largest absolute Gasteiger partial charge is 0.468 e. The highest BCUT2D eigenvalue weighted by molar-refractivity contribution is 9.10. The maximum atomic E-state index is 11.0. The van der Waals surface area contributed by atoms with Gasteiger partial charge in [0, 0.05) is 7.05 Å². The molecule has 0 saturated heterocycles. The van der Waals surface area contributed by atoms with Gasteiger partial charge in [-0.25, -0.2) is 4.98 Å². The zero-order valence-corrected chi connectivity index (χ0v) is 10.1. The minimum Gasteiger partial charge on any atom is -0.468 e. The third-order valence-corrected chi connectivity index (χ3v) is 2.38. The summed E-state index contributed by atoms with van der Waals surface area (Å²) in [4.78, 5) is 16.8. The first kappa shape index (κ1) is 11.8. The highest BCUT2D eigenvalue weighted by Crippen LogP contribution is 2.24. The topological polar surface area (TPSA) is 68.5 Å². The van der Waals surface area contributed by atoms with E-state index in [0.717, 1.165) is 4.47 Å². The van der Waals surface area contributed by atoms with Crippen LogP contribution in [0.2, 0.25) is 0 Å². The third kappa shape index (κ3) is 3.09. The van der Waals surface area contributed by atoms with Crippen molar-refractivity contribution in [1.82, 2.24) is 4.98 Å². The van der Waals surface area contributed by atoms with Crippen LogP contribution in [0.4, 0.5) is 11.5 Å². The first-order valence-corrected chi connectivity index (χ1v) is 5.03. The van der Waals surface area contributed by atoms with Crippen molar-refractivity contribution in [2.45, 2.75) is 0 Å². The highest BCUT2D eigenvalue weighted by atomic mass is 79.9. The molecule has 0 aliphatic rings. The second-order valence-corrected chi connectivity index (χ2v) is 3.86. The van der Waals surface area contributed by atoms with Crippen LogP contribution in [-0.2, 0) is 9.53 Å². The van der Waals surface area contributed by atoms with E-state index in [0.29, 0.717) is 11.5 Å². The SMILES string of the molecule is COC(=O)CN(C)c1ncc(N)cc1Br. The lowest BCUT2D eigenvalue weighted by Gasteiger charge is -2.17. The molecule has 0 amide bonds. The van der Waals surface area contributed by atoms with Gasteiger partial charge in [0.15, 0.2) is 0 Å². The Morgan fingerprint density at radius 2 is 2.40 bits per heavy atom. The molecule has 0 spiro atoms. The summed E-state index contributed by atoms with van der Waals surface area (Å²) in [6.07, 6.45) is 1.54. The molecule has 0 aliphatic heterocycles. The lowest BCUT2D eigenvalue weighted by Crippen LogP contribution is -2.27. The molecule has 15 heavy (non-hydrogen) atoms. The van der Waals surface area contributed by atoms with Crippen LogP contribution in [0.25, 0.3) is 0 Å². The molecule has 5 nitrogen and oxygen atoms in total. The Labute approximate surface area is 96.4 Å². The van der Waals surface area contributed by atoms with Gasteiger partial charge in [-0.1, -0.05) is 0 Å². The van der Waals surface area contributed by atoms with Crippen molar-refractivity contribution in [3.8, 4) is 0 Å². The van der Waals surface area contributed by atoms with Crippen LogP contribution in [0.1, 0.15) is 0 Å². The zero-order chi connectivity index (χ0) is 11.4. The van der Waals surface area contributed by atoms with Gasteiger partial charge in [-0.15, -0.1) is 0 Å². The molecule has 0 aliphatic carbocycles. The van der Waals surface area contributed by atoms with E-state index in [2.05, 4.69) is 25.7 Å². The van der Waals surface area contributed by atoms with E-state index in [4.69, 9.17) is 5.73 Å². The van der Waals surface area contributed by atoms with E-state index in [1.165, 1.54) is 13.3 Å². The molecule has 0 aromatic carbocycles. The number of nitrogen functional groups attached to an aromatic ring is 1. The van der Waals surface area contributed by atoms with Gasteiger partial charge >= 0.3 is 5.97 Å². The summed E-state index contributed by atoms with van der Waals surface area (Å²) in [5.74, 6) is 0.331. The summed E-state index contributed by atoms with van der Waals surface area (Å²) in [7, 11) is 3.10. The predicted octanol–water partition coefficient (Wildman–Crippen LogP) is 1.04. The summed E-state index contributed by atoms with van der Waals surface area (Å²) in [5.41, 5.74) is 6.12. The number of carbonyl (C=O) groups excluding carboxylic acids is 1. The van der Waals surface area contributed by atoms with Crippen LogP contribution in [0.5, 0.6) is 0 Å². The molecule has 1 rings (SSSR count). The van der Waals surface area contributed by atoms with Crippen LogP contribution in [-0.4, -0.2) is 31.7 Å². The summed E-state index contributed by atoms with van der Waals surface area (Å²) >= 11 is 3.32. The predicted molar refractivity (Wildman–Crippen MR) is 61.6 cm³/mol. The lowest BCUT2D eigenvalue weighted by atomic mass is 10.4. The molecule has 0 bridgehead atoms. The number of rotatable bonds is 3. The second-order valence-electron chi connectivity index (χ2n) is 3.01. The summed E-state index contributed by atoms with van der Waals surface area (Å²) < 4.78 is 5.30. The smallest absolute Gasteiger partial charge is 0.325 e. The van der Waals surface area contributed by atoms with Crippen LogP contribution in [0, 0.1) is 0 Å². The second kappa shape index (κ2) is 4.97. The average Bonchev–Trinajstić information content (AvgIpc) is 2.17. The first-order valence-electron chi connectivity index (χ1n) is 4.23. The van der Waals surface area contributed by atoms with Crippen molar-refractivity contribution in [3.05, 3.63) is 16.7 Å². The molecule has 2 N–H and O–H groups in total. The van der Waals surface area contributed by atoms with Crippen LogP contribution in [0.3, 0.4) is 0 Å². The first-order chi connectivity index (χ1) is 7.04. The van der Waals surface area contributed by atoms with Gasteiger partial charge in [0.05, 0.1) is 23.5 Å². The number of methoxy groups -OCH3 is 1. The number of hydrogen-bond acceptors (Lipinski definition) is 5. The Morgan fingerprint density at radius 1 is 1.73 bits per heavy atom. The molecule has 0 unspecified atom stereocenters. The Kier molecular flexibility index (Phi) is 3.90. The Bertz CT molecular complexity index is 370. The van der Waals surface area contributed by atoms with Crippen LogP contribution >= 0.6 is 15.9 Å². The third-order valence-electron chi connectivity index (χ3n) is 1.80. The van der Waals surface area contributed by atoms with E-state index in [-0.39, 0.29) is 12.5 Å². The number of aromatic nitrogens is 1. The fraction of sp³-hybridized carbons (Fsp3) is 0.333. The van der Waals surface area contributed by atoms with E-state index >= 15 is 0 Å². The van der Waals surface area contributed by atoms with E-state index in [1.54, 1.807) is 18.0 Å². The molecule has 0 fully saturated rings. The quantitative estimate of drug-likeness (QED) is 0.834. The van der Waals surface area contributed by atoms with Crippen molar-refractivity contribution in [2.75, 3.05) is 31.3 Å². The summed E-state index contributed by atoms with van der Waals surface area (Å²) in [5, 5.41) is 0.